The van der Waals surface area contributed by atoms with Gasteiger partial charge in [0, 0.05) is 13.3 Å². The number of carbonyl (C=O) groups excluding carboxylic acids is 1. The van der Waals surface area contributed by atoms with Crippen molar-refractivity contribution in [1.82, 2.24) is 14.3 Å². The van der Waals surface area contributed by atoms with E-state index >= 15 is 0 Å². The maximum absolute atomic E-state index is 13.3. The fourth-order valence-electron chi connectivity index (χ4n) is 3.03. The molecule has 1 amide bonds. The Bertz CT molecular complexity index is 1060. The monoisotopic (exact) mass is 448 g/mol. The number of aromatic nitrogens is 2. The molecule has 2 aromatic rings. The molecule has 1 saturated heterocycles. The molecule has 0 aliphatic carbocycles. The van der Waals surface area contributed by atoms with Crippen LogP contribution >= 0.6 is 24.0 Å². The molecule has 0 radical (unpaired) electrons. The van der Waals surface area contributed by atoms with Crippen molar-refractivity contribution < 1.29 is 14.6 Å². The maximum Gasteiger partial charge on any atom is 0.267 e. The second kappa shape index (κ2) is 9.69. The van der Waals surface area contributed by atoms with Crippen molar-refractivity contribution in [2.24, 2.45) is 0 Å². The van der Waals surface area contributed by atoms with E-state index in [0.717, 1.165) is 17.3 Å². The number of anilines is 1. The molecule has 160 valence electrons. The largest absolute Gasteiger partial charge is 0.394 e. The van der Waals surface area contributed by atoms with E-state index in [4.69, 9.17) is 17.0 Å². The van der Waals surface area contributed by atoms with Gasteiger partial charge in [-0.25, -0.2) is 4.98 Å². The average Bonchev–Trinajstić information content (AvgIpc) is 3.00. The van der Waals surface area contributed by atoms with Crippen molar-refractivity contribution in [3.8, 4) is 0 Å². The van der Waals surface area contributed by atoms with Gasteiger partial charge in [-0.05, 0) is 31.1 Å². The molecule has 1 atom stereocenters. The van der Waals surface area contributed by atoms with E-state index in [1.165, 1.54) is 15.4 Å². The van der Waals surface area contributed by atoms with Gasteiger partial charge in [0.05, 0.1) is 36.3 Å². The second-order valence-electron chi connectivity index (χ2n) is 6.82. The van der Waals surface area contributed by atoms with Crippen LogP contribution in [-0.2, 0) is 9.53 Å². The predicted molar refractivity (Wildman–Crippen MR) is 123 cm³/mol. The highest BCUT2D eigenvalue weighted by atomic mass is 32.2. The lowest BCUT2D eigenvalue weighted by Crippen LogP contribution is -2.31. The van der Waals surface area contributed by atoms with E-state index in [2.05, 4.69) is 10.3 Å². The lowest BCUT2D eigenvalue weighted by Gasteiger charge is -2.17. The molecule has 0 unspecified atom stereocenters. The van der Waals surface area contributed by atoms with Gasteiger partial charge in [0.25, 0.3) is 11.5 Å². The Balaban J connectivity index is 2.13. The highest BCUT2D eigenvalue weighted by Gasteiger charge is 2.32. The summed E-state index contributed by atoms with van der Waals surface area (Å²) in [7, 11) is 1.56. The Hall–Kier alpha value is -2.27. The Morgan fingerprint density at radius 3 is 2.87 bits per heavy atom. The van der Waals surface area contributed by atoms with Crippen LogP contribution in [0.25, 0.3) is 11.7 Å². The van der Waals surface area contributed by atoms with E-state index in [0.29, 0.717) is 40.3 Å². The number of aryl methyl sites for hydroxylation is 1. The second-order valence-corrected chi connectivity index (χ2v) is 8.50. The summed E-state index contributed by atoms with van der Waals surface area (Å²) in [6, 6.07) is 3.37. The van der Waals surface area contributed by atoms with Crippen LogP contribution in [-0.4, -0.2) is 62.5 Å². The summed E-state index contributed by atoms with van der Waals surface area (Å²) in [6.07, 6.45) is 3.82. The SMILES string of the molecule is CC[C@H](CO)Nc1nc2c(C)cccn2c(=O)c1/C=C1\SC(=S)N(CCOC)C1=O. The normalized spacial score (nSPS) is 16.7. The van der Waals surface area contributed by atoms with Crippen LogP contribution in [0, 0.1) is 6.92 Å². The summed E-state index contributed by atoms with van der Waals surface area (Å²) in [4.78, 5) is 32.5. The van der Waals surface area contributed by atoms with E-state index in [1.54, 1.807) is 19.4 Å². The molecular weight excluding hydrogens is 424 g/mol. The maximum atomic E-state index is 13.3. The number of aliphatic hydroxyl groups is 1. The summed E-state index contributed by atoms with van der Waals surface area (Å²) in [5.41, 5.74) is 1.30. The number of rotatable bonds is 8. The van der Waals surface area contributed by atoms with Crippen molar-refractivity contribution in [3.63, 3.8) is 0 Å². The Morgan fingerprint density at radius 1 is 1.43 bits per heavy atom. The number of amides is 1. The molecule has 8 nitrogen and oxygen atoms in total. The highest BCUT2D eigenvalue weighted by Crippen LogP contribution is 2.33. The number of ether oxygens (including phenoxy) is 1. The number of carbonyl (C=O) groups is 1. The predicted octanol–water partition coefficient (Wildman–Crippen LogP) is 2.03. The fourth-order valence-corrected chi connectivity index (χ4v) is 4.32. The number of hydrogen-bond acceptors (Lipinski definition) is 8. The molecule has 0 aromatic carbocycles. The quantitative estimate of drug-likeness (QED) is 0.468. The van der Waals surface area contributed by atoms with Gasteiger partial charge in [-0.2, -0.15) is 0 Å². The van der Waals surface area contributed by atoms with Crippen LogP contribution in [0.1, 0.15) is 24.5 Å². The van der Waals surface area contributed by atoms with Gasteiger partial charge in [0.1, 0.15) is 15.8 Å². The summed E-state index contributed by atoms with van der Waals surface area (Å²) in [5, 5.41) is 12.8. The van der Waals surface area contributed by atoms with Crippen LogP contribution in [0.4, 0.5) is 5.82 Å². The molecule has 0 saturated carbocycles. The number of methoxy groups -OCH3 is 1. The fraction of sp³-hybridized carbons (Fsp3) is 0.400. The van der Waals surface area contributed by atoms with Crippen LogP contribution in [0.3, 0.4) is 0 Å². The topological polar surface area (TPSA) is 96.2 Å². The van der Waals surface area contributed by atoms with Crippen molar-refractivity contribution in [1.29, 1.82) is 0 Å². The number of thioether (sulfide) groups is 1. The van der Waals surface area contributed by atoms with Gasteiger partial charge in [0.2, 0.25) is 0 Å². The van der Waals surface area contributed by atoms with Gasteiger partial charge < -0.3 is 15.2 Å². The average molecular weight is 449 g/mol. The molecule has 1 fully saturated rings. The summed E-state index contributed by atoms with van der Waals surface area (Å²) in [6.45, 7) is 4.40. The zero-order valence-electron chi connectivity index (χ0n) is 17.0. The minimum Gasteiger partial charge on any atom is -0.394 e. The number of aliphatic hydroxyl groups excluding tert-OH is 1. The Labute approximate surface area is 183 Å². The molecule has 2 aromatic heterocycles. The van der Waals surface area contributed by atoms with Gasteiger partial charge in [-0.3, -0.25) is 18.9 Å². The van der Waals surface area contributed by atoms with Gasteiger partial charge >= 0.3 is 0 Å². The number of hydrogen-bond donors (Lipinski definition) is 2. The third-order valence-electron chi connectivity index (χ3n) is 4.81. The van der Waals surface area contributed by atoms with Crippen LogP contribution in [0.2, 0.25) is 0 Å². The molecule has 1 aliphatic heterocycles. The molecule has 10 heteroatoms. The van der Waals surface area contributed by atoms with Gasteiger partial charge in [-0.15, -0.1) is 0 Å². The zero-order chi connectivity index (χ0) is 21.8. The molecule has 3 rings (SSSR count). The van der Waals surface area contributed by atoms with Crippen LogP contribution in [0.15, 0.2) is 28.0 Å². The molecule has 0 bridgehead atoms. The van der Waals surface area contributed by atoms with Crippen molar-refractivity contribution in [2.75, 3.05) is 32.2 Å². The van der Waals surface area contributed by atoms with Gasteiger partial charge in [0.15, 0.2) is 0 Å². The molecular formula is C20H24N4O4S2. The number of fused-ring (bicyclic) bond motifs is 1. The third kappa shape index (κ3) is 4.41. The van der Waals surface area contributed by atoms with E-state index in [1.807, 2.05) is 19.9 Å². The first-order chi connectivity index (χ1) is 14.4. The number of nitrogens with zero attached hydrogens (tertiary/aromatic N) is 3. The minimum atomic E-state index is -0.304. The van der Waals surface area contributed by atoms with Crippen molar-refractivity contribution in [2.45, 2.75) is 26.3 Å². The third-order valence-corrected chi connectivity index (χ3v) is 6.18. The van der Waals surface area contributed by atoms with Crippen LogP contribution in [0.5, 0.6) is 0 Å². The van der Waals surface area contributed by atoms with Crippen molar-refractivity contribution >= 4 is 51.7 Å². The molecule has 0 spiro atoms. The highest BCUT2D eigenvalue weighted by molar-refractivity contribution is 8.26. The number of pyridine rings is 1. The molecule has 2 N–H and O–H groups in total. The standard InChI is InChI=1S/C20H24N4O4S2/c1-4-13(11-25)21-16-14(18(26)23-7-5-6-12(2)17(23)22-16)10-15-19(27)24(8-9-28-3)20(29)30-15/h5-7,10,13,21,25H,4,8-9,11H2,1-3H3/b15-10-/t13-/m1/s1. The summed E-state index contributed by atoms with van der Waals surface area (Å²) in [5.74, 6) is 0.0632. The molecule has 1 aliphatic rings. The van der Waals surface area contributed by atoms with Crippen molar-refractivity contribution in [3.05, 3.63) is 44.7 Å². The van der Waals surface area contributed by atoms with E-state index in [9.17, 15) is 14.7 Å². The summed E-state index contributed by atoms with van der Waals surface area (Å²) < 4.78 is 6.92. The van der Waals surface area contributed by atoms with Gasteiger partial charge in [-0.1, -0.05) is 37.0 Å². The Morgan fingerprint density at radius 2 is 2.20 bits per heavy atom. The first-order valence-electron chi connectivity index (χ1n) is 9.54. The summed E-state index contributed by atoms with van der Waals surface area (Å²) >= 11 is 6.46. The molecule has 30 heavy (non-hydrogen) atoms. The first-order valence-corrected chi connectivity index (χ1v) is 10.8. The zero-order valence-corrected chi connectivity index (χ0v) is 18.7. The van der Waals surface area contributed by atoms with Crippen LogP contribution < -0.4 is 10.9 Å². The van der Waals surface area contributed by atoms with E-state index in [-0.39, 0.29) is 29.7 Å². The first kappa shape index (κ1) is 22.4. The number of thiocarbonyl (C=S) groups is 1. The molecule has 3 heterocycles. The number of nitrogens with one attached hydrogen (secondary N) is 1. The Kier molecular flexibility index (Phi) is 7.24. The smallest absolute Gasteiger partial charge is 0.267 e. The minimum absolute atomic E-state index is 0.107. The van der Waals surface area contributed by atoms with E-state index < -0.39 is 0 Å². The lowest BCUT2D eigenvalue weighted by atomic mass is 10.2. The lowest BCUT2D eigenvalue weighted by molar-refractivity contribution is -0.122.